The molecule has 4 N–H and O–H groups in total. The fourth-order valence-corrected chi connectivity index (χ4v) is 0.966. The van der Waals surface area contributed by atoms with Crippen LogP contribution in [0.1, 0.15) is 5.69 Å². The third-order valence-electron chi connectivity index (χ3n) is 1.13. The Labute approximate surface area is 70.7 Å². The van der Waals surface area contributed by atoms with Gasteiger partial charge < -0.3 is 10.8 Å². The maximum absolute atomic E-state index is 10.2. The maximum Gasteiger partial charge on any atom is 0.309 e. The first-order valence-corrected chi connectivity index (χ1v) is 3.60. The number of aliphatic carboxylic acids is 1. The van der Waals surface area contributed by atoms with Crippen molar-refractivity contribution in [1.82, 2.24) is 10.2 Å². The molecule has 0 aliphatic heterocycles. The number of H-pyrrole nitrogens is 1. The maximum atomic E-state index is 10.2. The second-order valence-corrected chi connectivity index (χ2v) is 2.76. The van der Waals surface area contributed by atoms with Crippen molar-refractivity contribution in [2.45, 2.75) is 6.42 Å². The Morgan fingerprint density at radius 2 is 2.45 bits per heavy atom. The summed E-state index contributed by atoms with van der Waals surface area (Å²) in [6.07, 6.45) is -0.106. The van der Waals surface area contributed by atoms with Crippen LogP contribution in [0.15, 0.2) is 4.47 Å². The van der Waals surface area contributed by atoms with Crippen molar-refractivity contribution >= 4 is 27.7 Å². The van der Waals surface area contributed by atoms with E-state index in [4.69, 9.17) is 10.8 Å². The van der Waals surface area contributed by atoms with Crippen LogP contribution < -0.4 is 5.73 Å². The van der Waals surface area contributed by atoms with Gasteiger partial charge in [0.2, 0.25) is 0 Å². The molecule has 0 fully saturated rings. The van der Waals surface area contributed by atoms with E-state index in [0.717, 1.165) is 0 Å². The summed E-state index contributed by atoms with van der Waals surface area (Å²) < 4.78 is 0.528. The van der Waals surface area contributed by atoms with E-state index in [1.165, 1.54) is 0 Å². The van der Waals surface area contributed by atoms with E-state index in [9.17, 15) is 4.79 Å². The quantitative estimate of drug-likeness (QED) is 0.671. The van der Waals surface area contributed by atoms with Crippen LogP contribution in [0.5, 0.6) is 0 Å². The highest BCUT2D eigenvalue weighted by Gasteiger charge is 2.10. The number of hydrogen-bond donors (Lipinski definition) is 3. The number of aromatic nitrogens is 2. The Morgan fingerprint density at radius 3 is 2.82 bits per heavy atom. The van der Waals surface area contributed by atoms with E-state index in [2.05, 4.69) is 26.1 Å². The average Bonchev–Trinajstić information content (AvgIpc) is 2.18. The van der Waals surface area contributed by atoms with E-state index in [-0.39, 0.29) is 12.2 Å². The molecule has 0 aliphatic rings. The van der Waals surface area contributed by atoms with Crippen molar-refractivity contribution < 1.29 is 9.90 Å². The molecule has 0 saturated heterocycles. The molecule has 5 nitrogen and oxygen atoms in total. The molecule has 0 aliphatic carbocycles. The molecule has 0 aromatic carbocycles. The molecule has 0 spiro atoms. The van der Waals surface area contributed by atoms with Crippen LogP contribution in [0.4, 0.5) is 5.82 Å². The van der Waals surface area contributed by atoms with Gasteiger partial charge in [0.1, 0.15) is 0 Å². The largest absolute Gasteiger partial charge is 0.481 e. The second kappa shape index (κ2) is 2.91. The van der Waals surface area contributed by atoms with Crippen LogP contribution in [0.3, 0.4) is 0 Å². The van der Waals surface area contributed by atoms with Crippen molar-refractivity contribution in [2.75, 3.05) is 5.73 Å². The third kappa shape index (κ3) is 1.70. The standard InChI is InChI=1S/C5H6BrN3O2/c6-4-2(1-3(10)11)8-9-5(4)7/h1H2,(H,10,11)(H3,7,8,9). The summed E-state index contributed by atoms with van der Waals surface area (Å²) in [5, 5.41) is 14.5. The first kappa shape index (κ1) is 8.06. The highest BCUT2D eigenvalue weighted by atomic mass is 79.9. The topological polar surface area (TPSA) is 92.0 Å². The molecule has 0 saturated carbocycles. The van der Waals surface area contributed by atoms with Crippen molar-refractivity contribution in [3.05, 3.63) is 10.2 Å². The molecule has 0 bridgehead atoms. The first-order valence-electron chi connectivity index (χ1n) is 2.81. The number of nitrogens with zero attached hydrogens (tertiary/aromatic N) is 1. The number of hydrogen-bond acceptors (Lipinski definition) is 3. The Morgan fingerprint density at radius 1 is 1.82 bits per heavy atom. The van der Waals surface area contributed by atoms with Crippen LogP contribution in [0, 0.1) is 0 Å². The molecule has 0 atom stereocenters. The summed E-state index contributed by atoms with van der Waals surface area (Å²) in [7, 11) is 0. The Hall–Kier alpha value is -1.04. The average molecular weight is 220 g/mol. The van der Waals surface area contributed by atoms with Gasteiger partial charge in [-0.05, 0) is 15.9 Å². The van der Waals surface area contributed by atoms with Gasteiger partial charge >= 0.3 is 5.97 Å². The molecule has 11 heavy (non-hydrogen) atoms. The number of rotatable bonds is 2. The van der Waals surface area contributed by atoms with Crippen LogP contribution in [0.2, 0.25) is 0 Å². The lowest BCUT2D eigenvalue weighted by molar-refractivity contribution is -0.136. The number of carbonyl (C=O) groups is 1. The minimum absolute atomic E-state index is 0.106. The molecule has 60 valence electrons. The minimum atomic E-state index is -0.922. The van der Waals surface area contributed by atoms with Crippen molar-refractivity contribution in [3.8, 4) is 0 Å². The van der Waals surface area contributed by atoms with Crippen LogP contribution in [-0.2, 0) is 11.2 Å². The SMILES string of the molecule is Nc1n[nH]c(CC(=O)O)c1Br. The van der Waals surface area contributed by atoms with Crippen LogP contribution in [-0.4, -0.2) is 21.3 Å². The second-order valence-electron chi connectivity index (χ2n) is 1.97. The number of halogens is 1. The number of carboxylic acids is 1. The summed E-state index contributed by atoms with van der Waals surface area (Å²) in [5.74, 6) is -0.643. The van der Waals surface area contributed by atoms with Gasteiger partial charge in [0.15, 0.2) is 5.82 Å². The Kier molecular flexibility index (Phi) is 2.13. The zero-order valence-electron chi connectivity index (χ0n) is 5.47. The lowest BCUT2D eigenvalue weighted by atomic mass is 10.3. The number of nitrogens with one attached hydrogen (secondary N) is 1. The van der Waals surface area contributed by atoms with Gasteiger partial charge in [-0.15, -0.1) is 0 Å². The highest BCUT2D eigenvalue weighted by Crippen LogP contribution is 2.20. The fourth-order valence-electron chi connectivity index (χ4n) is 0.649. The number of aromatic amines is 1. The zero-order valence-corrected chi connectivity index (χ0v) is 7.05. The van der Waals surface area contributed by atoms with E-state index in [1.807, 2.05) is 0 Å². The van der Waals surface area contributed by atoms with Gasteiger partial charge in [-0.1, -0.05) is 0 Å². The number of nitrogen functional groups attached to an aromatic ring is 1. The van der Waals surface area contributed by atoms with Crippen molar-refractivity contribution in [3.63, 3.8) is 0 Å². The van der Waals surface area contributed by atoms with E-state index in [0.29, 0.717) is 10.2 Å². The number of carboxylic acid groups (broad SMARTS) is 1. The van der Waals surface area contributed by atoms with Gasteiger partial charge in [-0.3, -0.25) is 9.89 Å². The fraction of sp³-hybridized carbons (Fsp3) is 0.200. The molecule has 0 unspecified atom stereocenters. The molecule has 1 heterocycles. The van der Waals surface area contributed by atoms with Crippen molar-refractivity contribution in [2.24, 2.45) is 0 Å². The van der Waals surface area contributed by atoms with Gasteiger partial charge in [-0.25, -0.2) is 0 Å². The predicted octanol–water partition coefficient (Wildman–Crippen LogP) is 0.381. The molecule has 1 aromatic heterocycles. The molecule has 1 aromatic rings. The summed E-state index contributed by atoms with van der Waals surface area (Å²) in [6, 6.07) is 0. The minimum Gasteiger partial charge on any atom is -0.481 e. The zero-order chi connectivity index (χ0) is 8.43. The summed E-state index contributed by atoms with van der Waals surface area (Å²) >= 11 is 3.10. The predicted molar refractivity (Wildman–Crippen MR) is 42.0 cm³/mol. The molecule has 6 heteroatoms. The molecule has 0 radical (unpaired) electrons. The van der Waals surface area contributed by atoms with Gasteiger partial charge in [0.25, 0.3) is 0 Å². The summed E-state index contributed by atoms with van der Waals surface area (Å²) in [5.41, 5.74) is 5.82. The lowest BCUT2D eigenvalue weighted by Gasteiger charge is -1.90. The van der Waals surface area contributed by atoms with E-state index in [1.54, 1.807) is 0 Å². The molecule has 1 rings (SSSR count). The lowest BCUT2D eigenvalue weighted by Crippen LogP contribution is -2.00. The van der Waals surface area contributed by atoms with Gasteiger partial charge in [0.05, 0.1) is 16.6 Å². The van der Waals surface area contributed by atoms with Crippen LogP contribution >= 0.6 is 15.9 Å². The van der Waals surface area contributed by atoms with Gasteiger partial charge in [-0.2, -0.15) is 5.10 Å². The molecule has 0 amide bonds. The number of anilines is 1. The van der Waals surface area contributed by atoms with Crippen LogP contribution in [0.25, 0.3) is 0 Å². The van der Waals surface area contributed by atoms with Gasteiger partial charge in [0, 0.05) is 0 Å². The number of nitrogens with two attached hydrogens (primary N) is 1. The van der Waals surface area contributed by atoms with E-state index < -0.39 is 5.97 Å². The first-order chi connectivity index (χ1) is 5.11. The van der Waals surface area contributed by atoms with E-state index >= 15 is 0 Å². The highest BCUT2D eigenvalue weighted by molar-refractivity contribution is 9.10. The Balaban J connectivity index is 2.87. The van der Waals surface area contributed by atoms with Crippen molar-refractivity contribution in [1.29, 1.82) is 0 Å². The Bertz CT molecular complexity index is 283. The summed E-state index contributed by atoms with van der Waals surface area (Å²) in [4.78, 5) is 10.2. The monoisotopic (exact) mass is 219 g/mol. The molecular weight excluding hydrogens is 214 g/mol. The molecular formula is C5H6BrN3O2. The normalized spacial score (nSPS) is 9.91. The third-order valence-corrected chi connectivity index (χ3v) is 2.01. The summed E-state index contributed by atoms with van der Waals surface area (Å²) in [6.45, 7) is 0. The smallest absolute Gasteiger partial charge is 0.309 e.